The van der Waals surface area contributed by atoms with E-state index in [1.165, 1.54) is 270 Å². The lowest BCUT2D eigenvalue weighted by molar-refractivity contribution is -0.00743. The molecule has 2 nitrogen and oxygen atoms in total. The molecule has 0 aromatic heterocycles. The average molecular weight is 906 g/mol. The zero-order chi connectivity index (χ0) is 44.3. The normalized spacial score (nSPS) is 36.3. The molecule has 0 saturated heterocycles. The van der Waals surface area contributed by atoms with Gasteiger partial charge in [-0.25, -0.2) is 0 Å². The number of allylic oxidation sites excluding steroid dienone is 4. The van der Waals surface area contributed by atoms with Gasteiger partial charge in [0, 0.05) is 36.3 Å². The molecular formula is C64H108N2. The van der Waals surface area contributed by atoms with Gasteiger partial charge in [0.1, 0.15) is 0 Å². The quantitative estimate of drug-likeness (QED) is 0.170. The van der Waals surface area contributed by atoms with Crippen molar-refractivity contribution >= 4 is 0 Å². The first kappa shape index (κ1) is 49.0. The molecule has 374 valence electrons. The van der Waals surface area contributed by atoms with Crippen LogP contribution in [-0.4, -0.2) is 46.1 Å². The highest BCUT2D eigenvalue weighted by atomic mass is 15.2. The standard InChI is InChI=1S/C64H108N2/c1-7-19-53(20-8-1)63(54-21-9-2-10-22-54)47-49-31-39-59(40-32-49)65(57-27-15-5-16-28-57)61-43-35-51(36-44-61)52-37-45-62(46-38-52)66(58-29-17-6-18-30-58)60-41-33-50(34-42-60)48-64(55-23-11-3-12-24-55)56-25-13-4-14-26-56/h47-62H,1-46H2. The van der Waals surface area contributed by atoms with Gasteiger partial charge in [-0.05, 0) is 227 Å². The maximum atomic E-state index is 3.30. The predicted octanol–water partition coefficient (Wildman–Crippen LogP) is 18.7. The molecular weight excluding hydrogens is 797 g/mol. The van der Waals surface area contributed by atoms with Crippen molar-refractivity contribution in [3.8, 4) is 0 Å². The van der Waals surface area contributed by atoms with E-state index in [0.29, 0.717) is 0 Å². The highest BCUT2D eigenvalue weighted by molar-refractivity contribution is 5.16. The third kappa shape index (κ3) is 12.7. The molecule has 0 spiro atoms. The van der Waals surface area contributed by atoms with E-state index in [2.05, 4.69) is 22.0 Å². The Hall–Kier alpha value is -0.600. The average Bonchev–Trinajstić information content (AvgIpc) is 3.40. The van der Waals surface area contributed by atoms with Crippen LogP contribution in [0, 0.1) is 47.3 Å². The first-order chi connectivity index (χ1) is 32.7. The maximum Gasteiger partial charge on any atom is 0.0102 e. The van der Waals surface area contributed by atoms with Crippen LogP contribution in [0.25, 0.3) is 0 Å². The summed E-state index contributed by atoms with van der Waals surface area (Å²) in [5.41, 5.74) is 4.00. The molecule has 10 rings (SSSR count). The molecule has 0 aromatic rings. The summed E-state index contributed by atoms with van der Waals surface area (Å²) in [6, 6.07) is 5.36. The molecule has 0 atom stereocenters. The van der Waals surface area contributed by atoms with Crippen molar-refractivity contribution in [1.82, 2.24) is 9.80 Å². The topological polar surface area (TPSA) is 6.48 Å². The third-order valence-electron chi connectivity index (χ3n) is 22.5. The van der Waals surface area contributed by atoms with Crippen molar-refractivity contribution < 1.29 is 0 Å². The fraction of sp³-hybridized carbons (Fsp3) is 0.938. The van der Waals surface area contributed by atoms with Gasteiger partial charge in [-0.3, -0.25) is 9.80 Å². The van der Waals surface area contributed by atoms with E-state index in [0.717, 1.165) is 83.6 Å². The van der Waals surface area contributed by atoms with E-state index >= 15 is 0 Å². The van der Waals surface area contributed by atoms with Gasteiger partial charge in [-0.2, -0.15) is 0 Å². The van der Waals surface area contributed by atoms with Crippen molar-refractivity contribution in [2.45, 2.75) is 332 Å². The Balaban J connectivity index is 0.731. The van der Waals surface area contributed by atoms with Gasteiger partial charge in [0.2, 0.25) is 0 Å². The summed E-state index contributed by atoms with van der Waals surface area (Å²) in [7, 11) is 0. The van der Waals surface area contributed by atoms with Crippen LogP contribution in [0.5, 0.6) is 0 Å². The minimum absolute atomic E-state index is 0.884. The molecule has 0 aliphatic heterocycles. The molecule has 0 unspecified atom stereocenters. The highest BCUT2D eigenvalue weighted by Gasteiger charge is 2.42. The van der Waals surface area contributed by atoms with E-state index in [1.807, 2.05) is 11.1 Å². The monoisotopic (exact) mass is 905 g/mol. The molecule has 10 aliphatic rings. The van der Waals surface area contributed by atoms with E-state index in [9.17, 15) is 0 Å². The summed E-state index contributed by atoms with van der Waals surface area (Å²) in [5, 5.41) is 0. The first-order valence-corrected chi connectivity index (χ1v) is 31.7. The zero-order valence-corrected chi connectivity index (χ0v) is 43.7. The summed E-state index contributed by atoms with van der Waals surface area (Å²) in [4.78, 5) is 6.60. The number of nitrogens with zero attached hydrogens (tertiary/aromatic N) is 2. The molecule has 0 radical (unpaired) electrons. The van der Waals surface area contributed by atoms with Crippen LogP contribution in [0.3, 0.4) is 0 Å². The summed E-state index contributed by atoms with van der Waals surface area (Å²) >= 11 is 0. The summed E-state index contributed by atoms with van der Waals surface area (Å²) in [6.45, 7) is 0. The van der Waals surface area contributed by atoms with E-state index in [1.54, 1.807) is 25.7 Å². The van der Waals surface area contributed by atoms with Crippen molar-refractivity contribution in [2.75, 3.05) is 0 Å². The lowest BCUT2D eigenvalue weighted by Crippen LogP contribution is -2.53. The number of hydrogen-bond acceptors (Lipinski definition) is 2. The van der Waals surface area contributed by atoms with Crippen LogP contribution in [-0.2, 0) is 0 Å². The van der Waals surface area contributed by atoms with Gasteiger partial charge in [-0.15, -0.1) is 0 Å². The second-order valence-corrected chi connectivity index (χ2v) is 26.4. The number of hydrogen-bond donors (Lipinski definition) is 0. The van der Waals surface area contributed by atoms with Crippen molar-refractivity contribution in [3.05, 3.63) is 23.3 Å². The smallest absolute Gasteiger partial charge is 0.0102 e. The summed E-state index contributed by atoms with van der Waals surface area (Å²) in [5.74, 6) is 7.61. The SMILES string of the molecule is C(=C(C1CCCCC1)C1CCCCC1)C1CCC(N(C2CCCCC2)C2CCC(C3CCC(N(C4CCCCC4)C4CCC(C=C(C5CCCCC5)C5CCCCC5)CC4)CC3)CC2)CC1. The minimum atomic E-state index is 0.884. The fourth-order valence-electron chi connectivity index (χ4n) is 18.9. The van der Waals surface area contributed by atoms with Crippen LogP contribution < -0.4 is 0 Å². The first-order valence-electron chi connectivity index (χ1n) is 31.7. The summed E-state index contributed by atoms with van der Waals surface area (Å²) < 4.78 is 0. The lowest BCUT2D eigenvalue weighted by atomic mass is 9.69. The Labute approximate surface area is 410 Å². The van der Waals surface area contributed by atoms with Crippen molar-refractivity contribution in [3.63, 3.8) is 0 Å². The van der Waals surface area contributed by atoms with Gasteiger partial charge >= 0.3 is 0 Å². The van der Waals surface area contributed by atoms with E-state index < -0.39 is 0 Å². The maximum absolute atomic E-state index is 3.30. The van der Waals surface area contributed by atoms with Crippen LogP contribution in [0.2, 0.25) is 0 Å². The molecule has 0 bridgehead atoms. The summed E-state index contributed by atoms with van der Waals surface area (Å²) in [6.07, 6.45) is 75.4. The Morgan fingerprint density at radius 3 is 0.682 bits per heavy atom. The zero-order valence-electron chi connectivity index (χ0n) is 43.7. The molecule has 0 heterocycles. The molecule has 0 amide bonds. The Morgan fingerprint density at radius 1 is 0.212 bits per heavy atom. The molecule has 2 heteroatoms. The second kappa shape index (κ2) is 25.2. The predicted molar refractivity (Wildman–Crippen MR) is 283 cm³/mol. The van der Waals surface area contributed by atoms with E-state index in [4.69, 9.17) is 0 Å². The van der Waals surface area contributed by atoms with Gasteiger partial charge in [0.15, 0.2) is 0 Å². The Morgan fingerprint density at radius 2 is 0.424 bits per heavy atom. The molecule has 0 N–H and O–H groups in total. The van der Waals surface area contributed by atoms with Gasteiger partial charge in [-0.1, -0.05) is 139 Å². The van der Waals surface area contributed by atoms with Crippen molar-refractivity contribution in [1.29, 1.82) is 0 Å². The van der Waals surface area contributed by atoms with Crippen LogP contribution in [0.4, 0.5) is 0 Å². The largest absolute Gasteiger partial charge is 0.294 e. The van der Waals surface area contributed by atoms with Gasteiger partial charge in [0.25, 0.3) is 0 Å². The third-order valence-corrected chi connectivity index (χ3v) is 22.5. The van der Waals surface area contributed by atoms with Crippen LogP contribution in [0.1, 0.15) is 295 Å². The minimum Gasteiger partial charge on any atom is -0.294 e. The van der Waals surface area contributed by atoms with Gasteiger partial charge < -0.3 is 0 Å². The lowest BCUT2D eigenvalue weighted by Gasteiger charge is -2.51. The van der Waals surface area contributed by atoms with Crippen LogP contribution in [0.15, 0.2) is 23.3 Å². The Kier molecular flexibility index (Phi) is 18.7. The molecule has 10 fully saturated rings. The second-order valence-electron chi connectivity index (χ2n) is 26.4. The molecule has 10 aliphatic carbocycles. The van der Waals surface area contributed by atoms with Gasteiger partial charge in [0.05, 0.1) is 0 Å². The molecule has 0 aromatic carbocycles. The Bertz CT molecular complexity index is 1270. The molecule has 66 heavy (non-hydrogen) atoms. The number of rotatable bonds is 13. The molecule has 10 saturated carbocycles. The fourth-order valence-corrected chi connectivity index (χ4v) is 18.9. The van der Waals surface area contributed by atoms with E-state index in [-0.39, 0.29) is 0 Å². The van der Waals surface area contributed by atoms with Crippen LogP contribution >= 0.6 is 0 Å². The van der Waals surface area contributed by atoms with Crippen molar-refractivity contribution in [2.24, 2.45) is 47.3 Å². The highest BCUT2D eigenvalue weighted by Crippen LogP contribution is 2.48.